The first-order valence-corrected chi connectivity index (χ1v) is 6.90. The van der Waals surface area contributed by atoms with Gasteiger partial charge in [0.1, 0.15) is 0 Å². The average molecular weight is 316 g/mol. The lowest BCUT2D eigenvalue weighted by molar-refractivity contribution is -0.136. The lowest BCUT2D eigenvalue weighted by atomic mass is 10.2. The molecule has 0 fully saturated rings. The molecule has 2 aromatic carbocycles. The summed E-state index contributed by atoms with van der Waals surface area (Å²) in [6, 6.07) is 14.3. The first-order valence-electron chi connectivity index (χ1n) is 6.52. The lowest BCUT2D eigenvalue weighted by Gasteiger charge is -2.08. The van der Waals surface area contributed by atoms with Crippen molar-refractivity contribution in [3.63, 3.8) is 0 Å². The molecule has 0 saturated carbocycles. The molecule has 2 rings (SSSR count). The Kier molecular flexibility index (Phi) is 5.27. The van der Waals surface area contributed by atoms with E-state index in [1.54, 1.807) is 25.1 Å². The summed E-state index contributed by atoms with van der Waals surface area (Å²) in [5.74, 6) is -1.66. The molecule has 5 nitrogen and oxygen atoms in total. The van der Waals surface area contributed by atoms with Crippen molar-refractivity contribution in [2.75, 3.05) is 5.32 Å². The molecule has 0 aliphatic heterocycles. The van der Waals surface area contributed by atoms with Gasteiger partial charge in [-0.25, -0.2) is 5.43 Å². The molecule has 0 radical (unpaired) electrons. The van der Waals surface area contributed by atoms with Gasteiger partial charge in [-0.15, -0.1) is 0 Å². The van der Waals surface area contributed by atoms with Crippen LogP contribution in [-0.2, 0) is 9.59 Å². The van der Waals surface area contributed by atoms with E-state index in [2.05, 4.69) is 15.8 Å². The number of nitrogens with one attached hydrogen (secondary N) is 2. The van der Waals surface area contributed by atoms with Crippen LogP contribution in [0.3, 0.4) is 0 Å². The molecule has 112 valence electrons. The molecule has 0 bridgehead atoms. The van der Waals surface area contributed by atoms with Gasteiger partial charge in [0, 0.05) is 10.7 Å². The van der Waals surface area contributed by atoms with Crippen LogP contribution >= 0.6 is 11.6 Å². The molecule has 0 aromatic heterocycles. The Labute approximate surface area is 133 Å². The summed E-state index contributed by atoms with van der Waals surface area (Å²) in [7, 11) is 0. The summed E-state index contributed by atoms with van der Waals surface area (Å²) in [6.45, 7) is 1.75. The zero-order chi connectivity index (χ0) is 15.9. The Morgan fingerprint density at radius 2 is 1.77 bits per heavy atom. The highest BCUT2D eigenvalue weighted by molar-refractivity contribution is 6.40. The first-order chi connectivity index (χ1) is 10.6. The van der Waals surface area contributed by atoms with E-state index in [4.69, 9.17) is 11.6 Å². The highest BCUT2D eigenvalue weighted by atomic mass is 35.5. The third-order valence-corrected chi connectivity index (χ3v) is 3.31. The van der Waals surface area contributed by atoms with E-state index in [0.29, 0.717) is 16.3 Å². The molecule has 0 unspecified atom stereocenters. The molecule has 6 heteroatoms. The van der Waals surface area contributed by atoms with E-state index >= 15 is 0 Å². The number of amides is 2. The molecule has 0 aliphatic carbocycles. The molecule has 0 saturated heterocycles. The summed E-state index contributed by atoms with van der Waals surface area (Å²) in [5, 5.41) is 6.74. The van der Waals surface area contributed by atoms with Crippen molar-refractivity contribution in [2.24, 2.45) is 5.10 Å². The van der Waals surface area contributed by atoms with E-state index in [9.17, 15) is 9.59 Å². The van der Waals surface area contributed by atoms with Gasteiger partial charge in [0.25, 0.3) is 0 Å². The Balaban J connectivity index is 1.94. The zero-order valence-electron chi connectivity index (χ0n) is 11.8. The Morgan fingerprint density at radius 3 is 2.50 bits per heavy atom. The van der Waals surface area contributed by atoms with Crippen molar-refractivity contribution < 1.29 is 9.59 Å². The third kappa shape index (κ3) is 4.17. The maximum absolute atomic E-state index is 11.8. The number of rotatable bonds is 3. The summed E-state index contributed by atoms with van der Waals surface area (Å²) in [6.07, 6.45) is 1.45. The standard InChI is InChI=1S/C16H14ClN3O2/c1-11-13(17)8-5-9-14(11)19-15(21)16(22)20-18-10-12-6-3-2-4-7-12/h2-10H,1H3,(H,19,21)(H,20,22)/b18-10-. The van der Waals surface area contributed by atoms with E-state index in [0.717, 1.165) is 5.56 Å². The fourth-order valence-corrected chi connectivity index (χ4v) is 1.85. The Hall–Kier alpha value is -2.66. The number of halogens is 1. The van der Waals surface area contributed by atoms with Crippen LogP contribution in [0, 0.1) is 6.92 Å². The van der Waals surface area contributed by atoms with Crippen LogP contribution in [-0.4, -0.2) is 18.0 Å². The minimum atomic E-state index is -0.855. The zero-order valence-corrected chi connectivity index (χ0v) is 12.6. The topological polar surface area (TPSA) is 70.6 Å². The van der Waals surface area contributed by atoms with E-state index in [1.807, 2.05) is 30.3 Å². The number of anilines is 1. The van der Waals surface area contributed by atoms with Gasteiger partial charge in [-0.3, -0.25) is 9.59 Å². The van der Waals surface area contributed by atoms with Crippen molar-refractivity contribution in [1.82, 2.24) is 5.43 Å². The second kappa shape index (κ2) is 7.38. The summed E-state index contributed by atoms with van der Waals surface area (Å²) in [4.78, 5) is 23.4. The normalized spacial score (nSPS) is 10.5. The predicted octanol–water partition coefficient (Wildman–Crippen LogP) is 2.74. The van der Waals surface area contributed by atoms with Crippen LogP contribution in [0.1, 0.15) is 11.1 Å². The molecule has 2 amide bonds. The maximum atomic E-state index is 11.8. The van der Waals surface area contributed by atoms with Crippen LogP contribution in [0.15, 0.2) is 53.6 Å². The van der Waals surface area contributed by atoms with Gasteiger partial charge < -0.3 is 5.32 Å². The highest BCUT2D eigenvalue weighted by Gasteiger charge is 2.14. The van der Waals surface area contributed by atoms with Gasteiger partial charge in [-0.05, 0) is 30.2 Å². The third-order valence-electron chi connectivity index (χ3n) is 2.90. The van der Waals surface area contributed by atoms with Gasteiger partial charge in [0.15, 0.2) is 0 Å². The number of nitrogens with zero attached hydrogens (tertiary/aromatic N) is 1. The van der Waals surface area contributed by atoms with Crippen LogP contribution in [0.25, 0.3) is 0 Å². The lowest BCUT2D eigenvalue weighted by Crippen LogP contribution is -2.32. The van der Waals surface area contributed by atoms with E-state index in [-0.39, 0.29) is 0 Å². The van der Waals surface area contributed by atoms with Crippen molar-refractivity contribution in [1.29, 1.82) is 0 Å². The van der Waals surface area contributed by atoms with Gasteiger partial charge in [0.05, 0.1) is 6.21 Å². The number of carbonyl (C=O) groups excluding carboxylic acids is 2. The number of benzene rings is 2. The molecule has 22 heavy (non-hydrogen) atoms. The molecule has 0 atom stereocenters. The van der Waals surface area contributed by atoms with Crippen molar-refractivity contribution in [3.05, 3.63) is 64.7 Å². The molecule has 2 N–H and O–H groups in total. The number of hydrogen-bond acceptors (Lipinski definition) is 3. The number of carbonyl (C=O) groups is 2. The van der Waals surface area contributed by atoms with E-state index < -0.39 is 11.8 Å². The van der Waals surface area contributed by atoms with Gasteiger partial charge in [-0.1, -0.05) is 48.0 Å². The summed E-state index contributed by atoms with van der Waals surface area (Å²) >= 11 is 5.95. The smallest absolute Gasteiger partial charge is 0.317 e. The monoisotopic (exact) mass is 315 g/mol. The fourth-order valence-electron chi connectivity index (χ4n) is 1.68. The number of hydrazone groups is 1. The molecule has 2 aromatic rings. The van der Waals surface area contributed by atoms with Crippen LogP contribution < -0.4 is 10.7 Å². The highest BCUT2D eigenvalue weighted by Crippen LogP contribution is 2.22. The van der Waals surface area contributed by atoms with E-state index in [1.165, 1.54) is 6.21 Å². The predicted molar refractivity (Wildman–Crippen MR) is 87.0 cm³/mol. The minimum Gasteiger partial charge on any atom is -0.317 e. The fraction of sp³-hybridized carbons (Fsp3) is 0.0625. The molecule has 0 heterocycles. The molecule has 0 aliphatic rings. The summed E-state index contributed by atoms with van der Waals surface area (Å²) < 4.78 is 0. The Morgan fingerprint density at radius 1 is 1.05 bits per heavy atom. The second-order valence-electron chi connectivity index (χ2n) is 4.48. The summed E-state index contributed by atoms with van der Waals surface area (Å²) in [5.41, 5.74) is 4.16. The van der Waals surface area contributed by atoms with Crippen LogP contribution in [0.5, 0.6) is 0 Å². The average Bonchev–Trinajstić information content (AvgIpc) is 2.52. The van der Waals surface area contributed by atoms with Crippen LogP contribution in [0.4, 0.5) is 5.69 Å². The number of hydrogen-bond donors (Lipinski definition) is 2. The Bertz CT molecular complexity index is 715. The largest absolute Gasteiger partial charge is 0.329 e. The molecule has 0 spiro atoms. The molecular formula is C16H14ClN3O2. The molecular weight excluding hydrogens is 302 g/mol. The SMILES string of the molecule is Cc1c(Cl)cccc1NC(=O)C(=O)N/N=C\c1ccccc1. The van der Waals surface area contributed by atoms with Gasteiger partial charge in [-0.2, -0.15) is 5.10 Å². The van der Waals surface area contributed by atoms with Gasteiger partial charge in [0.2, 0.25) is 0 Å². The quantitative estimate of drug-likeness (QED) is 0.519. The van der Waals surface area contributed by atoms with Crippen molar-refractivity contribution in [2.45, 2.75) is 6.92 Å². The van der Waals surface area contributed by atoms with Crippen molar-refractivity contribution >= 4 is 35.3 Å². The first kappa shape index (κ1) is 15.7. The second-order valence-corrected chi connectivity index (χ2v) is 4.88. The van der Waals surface area contributed by atoms with Crippen LogP contribution in [0.2, 0.25) is 5.02 Å². The van der Waals surface area contributed by atoms with Gasteiger partial charge >= 0.3 is 11.8 Å². The maximum Gasteiger partial charge on any atom is 0.329 e. The minimum absolute atomic E-state index is 0.486. The van der Waals surface area contributed by atoms with Crippen molar-refractivity contribution in [3.8, 4) is 0 Å².